The zero-order valence-electron chi connectivity index (χ0n) is 55.8. The number of carbonyl (C=O) groups excluding carboxylic acids is 4. The fourth-order valence-electron chi connectivity index (χ4n) is 12.5. The third-order valence-electron chi connectivity index (χ3n) is 18.6. The van der Waals surface area contributed by atoms with Gasteiger partial charge < -0.3 is 170 Å². The van der Waals surface area contributed by atoms with Crippen molar-refractivity contribution in [1.82, 2.24) is 40.6 Å². The van der Waals surface area contributed by atoms with E-state index < -0.39 is 247 Å². The molecule has 7 aliphatic rings. The van der Waals surface area contributed by atoms with Crippen LogP contribution in [0.2, 0.25) is 0 Å². The first kappa shape index (κ1) is 80.1. The van der Waals surface area contributed by atoms with Crippen molar-refractivity contribution in [2.75, 3.05) is 50.3 Å². The number of benzene rings is 2. The number of hydrogen-bond donors (Lipinski definition) is 22. The lowest BCUT2D eigenvalue weighted by molar-refractivity contribution is -0.348. The number of aliphatic hydroxyl groups excluding tert-OH is 18. The van der Waals surface area contributed by atoms with Crippen molar-refractivity contribution in [1.29, 1.82) is 0 Å². The van der Waals surface area contributed by atoms with Gasteiger partial charge in [0.1, 0.15) is 171 Å². The molecule has 2 aromatic carbocycles. The summed E-state index contributed by atoms with van der Waals surface area (Å²) < 4.78 is 71.6. The van der Waals surface area contributed by atoms with Gasteiger partial charge in [-0.15, -0.1) is 10.2 Å². The van der Waals surface area contributed by atoms with E-state index in [0.717, 1.165) is 0 Å². The molecule has 44 heteroatoms. The van der Waals surface area contributed by atoms with Crippen LogP contribution < -0.4 is 30.7 Å². The first-order valence-corrected chi connectivity index (χ1v) is 33.7. The summed E-state index contributed by atoms with van der Waals surface area (Å²) in [5, 5.41) is 219. The van der Waals surface area contributed by atoms with E-state index in [0.29, 0.717) is 11.4 Å². The zero-order valence-corrected chi connectivity index (χ0v) is 55.8. The molecule has 0 aliphatic carbocycles. The monoisotopic (exact) mass is 1510 g/mol. The van der Waals surface area contributed by atoms with Gasteiger partial charge in [0.15, 0.2) is 25.2 Å². The maximum absolute atomic E-state index is 13.8. The standard InChI is InChI=1S/C62H86N10O34/c73-17-29-41(79)49(87)55(93)61(101-29)99-27-7-1-23(2-8-27)63-37(77)15-71-13-25(67-69-71)5-11-35(75)65-39-47(85)43(81)31-19-95-57-40(66-36(76)12-6-26-14-72(70-68-26)16-38(78)64-24-3-9-28(10-4-24)100-62-56(94)50(88)42(80)30(18-74)102-62)48(86)44(82)32(104-57)21-97-59-54(92)52(90)46(84)34(106-59)22-98-60-53(91)51(89)45(83)33(105-60)20-96-58(39)103-31/h1-4,7-10,13-14,29-34,39-62,73-74,79-94H,5-6,11-12,15-22H2,(H,63,77)(H,64,78)(H,65,75)(H,66,76)/t29-,30-,31-,32-,33-,34-,39-,40-,41+,42+,43-,44-,45-,46-,47-,48-,49+,50+,51+,52+,53-,54-,55-,56-,57-,58-,59-,60-,61-,62-/m1/s1. The van der Waals surface area contributed by atoms with Gasteiger partial charge in [-0.05, 0) is 48.5 Å². The zero-order chi connectivity index (χ0) is 75.9. The second kappa shape index (κ2) is 35.6. The van der Waals surface area contributed by atoms with Gasteiger partial charge in [0.25, 0.3) is 0 Å². The van der Waals surface area contributed by atoms with Crippen LogP contribution in [0.15, 0.2) is 60.9 Å². The van der Waals surface area contributed by atoms with Gasteiger partial charge in [-0.1, -0.05) is 10.4 Å². The number of rotatable bonds is 20. The Bertz CT molecular complexity index is 3360. The Kier molecular flexibility index (Phi) is 26.9. The van der Waals surface area contributed by atoms with Gasteiger partial charge in [-0.25, -0.2) is 9.36 Å². The topological polar surface area (TPSA) is 653 Å². The smallest absolute Gasteiger partial charge is 0.246 e. The molecule has 7 fully saturated rings. The Morgan fingerprint density at radius 3 is 1.06 bits per heavy atom. The van der Waals surface area contributed by atoms with E-state index in [2.05, 4.69) is 41.9 Å². The summed E-state index contributed by atoms with van der Waals surface area (Å²) in [5.41, 5.74) is 1.00. The van der Waals surface area contributed by atoms with Crippen LogP contribution in [0.25, 0.3) is 0 Å². The maximum Gasteiger partial charge on any atom is 0.246 e. The van der Waals surface area contributed by atoms with E-state index in [4.69, 9.17) is 56.8 Å². The van der Waals surface area contributed by atoms with Gasteiger partial charge in [-0.2, -0.15) is 0 Å². The summed E-state index contributed by atoms with van der Waals surface area (Å²) in [7, 11) is 0. The Hall–Kier alpha value is -6.92. The van der Waals surface area contributed by atoms with E-state index in [1.54, 1.807) is 0 Å². The van der Waals surface area contributed by atoms with Crippen molar-refractivity contribution in [3.8, 4) is 11.5 Å². The summed E-state index contributed by atoms with van der Waals surface area (Å²) >= 11 is 0. The summed E-state index contributed by atoms with van der Waals surface area (Å²) in [6.45, 7) is -5.23. The van der Waals surface area contributed by atoms with Crippen LogP contribution in [0.4, 0.5) is 11.4 Å². The number of carbonyl (C=O) groups is 4. The number of aromatic nitrogens is 6. The van der Waals surface area contributed by atoms with Gasteiger partial charge in [0.2, 0.25) is 36.2 Å². The molecule has 0 saturated carbocycles. The average Bonchev–Trinajstić information content (AvgIpc) is 1.09. The van der Waals surface area contributed by atoms with Crippen LogP contribution in [-0.2, 0) is 92.5 Å². The SMILES string of the molecule is O=C(Cn1cc(CCC(=O)N[C@H]2[C@@H]3OC[C@H]4O[C@@H](OC[C@H]5O[C@@H](OC[C@H]6O[C@@H](OC[C@@H](O3)[C@@H](O)[C@@H]2O)[C@H](O)[C@@H](O)[C@@H]6O)[C@H](O)[C@@H](O)[C@@H]5O)[C@H](NC(=O)CCc2cn(CC(=O)Nc3ccc(O[C@@H]5O[C@H](CO)[C@H](O)[C@H](O)[C@H]5O)cc3)nn2)[C@@H](O)[C@@H]4O)nn1)Nc1ccc(O[C@@H]2O[C@H](CO)[C@H](O)[C@H](O)[C@H]2O)cc1. The van der Waals surface area contributed by atoms with Crippen LogP contribution >= 0.6 is 0 Å². The maximum atomic E-state index is 13.8. The van der Waals surface area contributed by atoms with Crippen molar-refractivity contribution >= 4 is 35.0 Å². The van der Waals surface area contributed by atoms with E-state index in [9.17, 15) is 111 Å². The molecular formula is C62H86N10O34. The highest BCUT2D eigenvalue weighted by Crippen LogP contribution is 2.33. The number of nitrogens with zero attached hydrogens (tertiary/aromatic N) is 6. The first-order valence-electron chi connectivity index (χ1n) is 33.7. The van der Waals surface area contributed by atoms with Crippen molar-refractivity contribution < 1.29 is 168 Å². The molecule has 11 rings (SSSR count). The molecule has 30 atom stereocenters. The minimum Gasteiger partial charge on any atom is -0.462 e. The molecule has 7 saturated heterocycles. The van der Waals surface area contributed by atoms with Crippen LogP contribution in [0, 0.1) is 0 Å². The number of aryl methyl sites for hydroxylation is 2. The second-order valence-electron chi connectivity index (χ2n) is 26.2. The third kappa shape index (κ3) is 19.0. The second-order valence-corrected chi connectivity index (χ2v) is 26.2. The fourth-order valence-corrected chi connectivity index (χ4v) is 12.5. The molecule has 7 aliphatic heterocycles. The van der Waals surface area contributed by atoms with Crippen molar-refractivity contribution in [2.24, 2.45) is 0 Å². The Morgan fingerprint density at radius 1 is 0.387 bits per heavy atom. The van der Waals surface area contributed by atoms with Crippen molar-refractivity contribution in [3.63, 3.8) is 0 Å². The lowest BCUT2D eigenvalue weighted by Crippen LogP contribution is -2.67. The molecule has 2 aromatic heterocycles. The van der Waals surface area contributed by atoms with Crippen LogP contribution in [-0.4, -0.2) is 369 Å². The molecule has 9 heterocycles. The van der Waals surface area contributed by atoms with E-state index >= 15 is 0 Å². The van der Waals surface area contributed by atoms with Gasteiger partial charge in [0, 0.05) is 49.5 Å². The number of fused-ring (bicyclic) bond motifs is 8. The fraction of sp³-hybridized carbons (Fsp3) is 0.677. The van der Waals surface area contributed by atoms with Gasteiger partial charge in [0.05, 0.1) is 51.0 Å². The molecule has 8 bridgehead atoms. The molecule has 4 amide bonds. The molecular weight excluding hydrogens is 1430 g/mol. The summed E-state index contributed by atoms with van der Waals surface area (Å²) in [6, 6.07) is 8.08. The van der Waals surface area contributed by atoms with Crippen LogP contribution in [0.1, 0.15) is 24.2 Å². The van der Waals surface area contributed by atoms with Gasteiger partial charge >= 0.3 is 0 Å². The number of anilines is 2. The largest absolute Gasteiger partial charge is 0.462 e. The van der Waals surface area contributed by atoms with Crippen molar-refractivity contribution in [3.05, 3.63) is 72.3 Å². The minimum atomic E-state index is -2.01. The number of hydrogen-bond acceptors (Lipinski definition) is 38. The van der Waals surface area contributed by atoms with E-state index in [1.807, 2.05) is 0 Å². The lowest BCUT2D eigenvalue weighted by atomic mass is 9.95. The quantitative estimate of drug-likeness (QED) is 0.0391. The first-order chi connectivity index (χ1) is 50.6. The Morgan fingerprint density at radius 2 is 0.708 bits per heavy atom. The highest BCUT2D eigenvalue weighted by atomic mass is 16.8. The van der Waals surface area contributed by atoms with Crippen LogP contribution in [0.5, 0.6) is 11.5 Å². The highest BCUT2D eigenvalue weighted by molar-refractivity contribution is 5.91. The van der Waals surface area contributed by atoms with E-state index in [1.165, 1.54) is 70.3 Å². The van der Waals surface area contributed by atoms with Gasteiger partial charge in [-0.3, -0.25) is 19.2 Å². The molecule has 22 N–H and O–H groups in total. The Balaban J connectivity index is 0.724. The summed E-state index contributed by atoms with van der Waals surface area (Å²) in [4.78, 5) is 53.7. The summed E-state index contributed by atoms with van der Waals surface area (Å²) in [5.74, 6) is -2.48. The summed E-state index contributed by atoms with van der Waals surface area (Å²) in [6.07, 6.45) is -47.1. The Labute approximate surface area is 598 Å². The average molecular weight is 1520 g/mol. The predicted octanol–water partition coefficient (Wildman–Crippen LogP) is -12.4. The van der Waals surface area contributed by atoms with Crippen LogP contribution in [0.3, 0.4) is 0 Å². The molecule has 0 radical (unpaired) electrons. The minimum absolute atomic E-state index is 0.126. The molecule has 588 valence electrons. The number of ether oxygens (including phenoxy) is 12. The van der Waals surface area contributed by atoms with Crippen molar-refractivity contribution in [2.45, 2.75) is 223 Å². The molecule has 44 nitrogen and oxygen atoms in total. The normalized spacial score (nSPS) is 38.8. The molecule has 4 aromatic rings. The lowest BCUT2D eigenvalue weighted by Gasteiger charge is -2.46. The highest BCUT2D eigenvalue weighted by Gasteiger charge is 2.54. The number of amides is 4. The predicted molar refractivity (Wildman–Crippen MR) is 338 cm³/mol. The third-order valence-corrected chi connectivity index (χ3v) is 18.6. The number of aliphatic hydroxyl groups is 18. The molecule has 106 heavy (non-hydrogen) atoms. The molecule has 0 unspecified atom stereocenters. The molecule has 0 spiro atoms. The van der Waals surface area contributed by atoms with E-state index in [-0.39, 0.29) is 61.7 Å². The number of nitrogens with one attached hydrogen (secondary N) is 4.